The Labute approximate surface area is 194 Å². The van der Waals surface area contributed by atoms with Gasteiger partial charge in [-0.1, -0.05) is 60.7 Å². The van der Waals surface area contributed by atoms with E-state index in [1.54, 1.807) is 0 Å². The van der Waals surface area contributed by atoms with E-state index in [1.165, 1.54) is 0 Å². The number of hydrogen-bond donors (Lipinski definition) is 0. The Morgan fingerprint density at radius 1 is 0.469 bits per heavy atom. The maximum Gasteiger partial charge on any atom is 0.465 e. The van der Waals surface area contributed by atoms with Crippen LogP contribution in [0.25, 0.3) is 0 Å². The largest absolute Gasteiger partial charge is 0.465 e. The molecule has 0 bridgehead atoms. The minimum Gasteiger partial charge on any atom is -0.403 e. The minimum absolute atomic E-state index is 0.116. The third-order valence-electron chi connectivity index (χ3n) is 7.89. The van der Waals surface area contributed by atoms with Gasteiger partial charge in [0.15, 0.2) is 0 Å². The van der Waals surface area contributed by atoms with E-state index in [-0.39, 0.29) is 11.6 Å². The van der Waals surface area contributed by atoms with Gasteiger partial charge in [0.25, 0.3) is 0 Å². The molecule has 0 amide bonds. The molecule has 0 aliphatic carbocycles. The first-order valence-electron chi connectivity index (χ1n) is 11.7. The van der Waals surface area contributed by atoms with Crippen LogP contribution in [0.1, 0.15) is 78.2 Å². The van der Waals surface area contributed by atoms with E-state index in [9.17, 15) is 0 Å². The SMILES string of the molecule is CC1(C)OB([C@H](c2ccccc2)[C@@H](B2OC(C)(C)C(C)(C)O2)c2ccccc2)OC1(C)C. The van der Waals surface area contributed by atoms with Gasteiger partial charge in [0.05, 0.1) is 22.4 Å². The molecule has 2 heterocycles. The van der Waals surface area contributed by atoms with E-state index in [2.05, 4.69) is 104 Å². The predicted octanol–water partition coefficient (Wildman–Crippen LogP) is 5.82. The molecular formula is C26H36B2O4. The van der Waals surface area contributed by atoms with Crippen LogP contribution < -0.4 is 0 Å². The first-order valence-corrected chi connectivity index (χ1v) is 11.7. The highest BCUT2D eigenvalue weighted by atomic mass is 16.7. The van der Waals surface area contributed by atoms with Gasteiger partial charge in [-0.15, -0.1) is 0 Å². The van der Waals surface area contributed by atoms with Crippen LogP contribution in [0, 0.1) is 0 Å². The van der Waals surface area contributed by atoms with Crippen molar-refractivity contribution in [2.45, 2.75) is 89.4 Å². The molecule has 2 atom stereocenters. The first kappa shape index (κ1) is 23.6. The van der Waals surface area contributed by atoms with Gasteiger partial charge in [0, 0.05) is 11.6 Å². The molecule has 0 spiro atoms. The summed E-state index contributed by atoms with van der Waals surface area (Å²) in [5, 5.41) is 0. The molecule has 0 N–H and O–H groups in total. The maximum atomic E-state index is 6.61. The molecule has 0 radical (unpaired) electrons. The third-order valence-corrected chi connectivity index (χ3v) is 7.89. The molecule has 0 unspecified atom stereocenters. The van der Waals surface area contributed by atoms with Crippen LogP contribution in [0.15, 0.2) is 60.7 Å². The van der Waals surface area contributed by atoms with Gasteiger partial charge in [-0.2, -0.15) is 0 Å². The molecule has 4 nitrogen and oxygen atoms in total. The van der Waals surface area contributed by atoms with Gasteiger partial charge in [-0.05, 0) is 66.5 Å². The Balaban J connectivity index is 1.84. The quantitative estimate of drug-likeness (QED) is 0.557. The van der Waals surface area contributed by atoms with Gasteiger partial charge < -0.3 is 18.6 Å². The van der Waals surface area contributed by atoms with Crippen molar-refractivity contribution < 1.29 is 18.6 Å². The second kappa shape index (κ2) is 8.02. The summed E-state index contributed by atoms with van der Waals surface area (Å²) in [5.41, 5.74) is 0.581. The van der Waals surface area contributed by atoms with Crippen molar-refractivity contribution in [1.29, 1.82) is 0 Å². The maximum absolute atomic E-state index is 6.61. The standard InChI is InChI=1S/C26H36B2O4/c1-23(2)24(3,4)30-27(29-23)21(19-15-11-9-12-16-19)22(20-17-13-10-14-18-20)28-31-25(5,6)26(7,8)32-28/h9-18,21-22H,1-8H3/t21-,22+. The van der Waals surface area contributed by atoms with Crippen molar-refractivity contribution in [1.82, 2.24) is 0 Å². The molecule has 6 heteroatoms. The van der Waals surface area contributed by atoms with Gasteiger partial charge in [-0.25, -0.2) is 0 Å². The van der Waals surface area contributed by atoms with Crippen LogP contribution >= 0.6 is 0 Å². The summed E-state index contributed by atoms with van der Waals surface area (Å²) in [6.45, 7) is 16.8. The molecule has 170 valence electrons. The van der Waals surface area contributed by atoms with E-state index in [0.717, 1.165) is 11.1 Å². The summed E-state index contributed by atoms with van der Waals surface area (Å²) < 4.78 is 26.5. The summed E-state index contributed by atoms with van der Waals surface area (Å²) in [4.78, 5) is 0. The smallest absolute Gasteiger partial charge is 0.403 e. The van der Waals surface area contributed by atoms with Crippen LogP contribution in [0.5, 0.6) is 0 Å². The molecular weight excluding hydrogens is 398 g/mol. The van der Waals surface area contributed by atoms with E-state index in [4.69, 9.17) is 18.6 Å². The fourth-order valence-corrected chi connectivity index (χ4v) is 4.49. The van der Waals surface area contributed by atoms with E-state index >= 15 is 0 Å². The molecule has 0 saturated carbocycles. The van der Waals surface area contributed by atoms with Crippen molar-refractivity contribution in [2.75, 3.05) is 0 Å². The summed E-state index contributed by atoms with van der Waals surface area (Å²) >= 11 is 0. The van der Waals surface area contributed by atoms with Crippen LogP contribution in [0.3, 0.4) is 0 Å². The minimum atomic E-state index is -0.438. The number of rotatable bonds is 5. The van der Waals surface area contributed by atoms with Gasteiger partial charge in [0.1, 0.15) is 0 Å². The molecule has 4 rings (SSSR count). The van der Waals surface area contributed by atoms with Crippen molar-refractivity contribution in [3.8, 4) is 0 Å². The lowest BCUT2D eigenvalue weighted by atomic mass is 9.49. The van der Waals surface area contributed by atoms with Crippen molar-refractivity contribution in [2.24, 2.45) is 0 Å². The summed E-state index contributed by atoms with van der Waals surface area (Å²) in [6.07, 6.45) is 0. The zero-order chi connectivity index (χ0) is 23.4. The van der Waals surface area contributed by atoms with E-state index < -0.39 is 36.6 Å². The van der Waals surface area contributed by atoms with E-state index in [0.29, 0.717) is 0 Å². The Bertz CT molecular complexity index is 818. The highest BCUT2D eigenvalue weighted by Crippen LogP contribution is 2.49. The monoisotopic (exact) mass is 434 g/mol. The molecule has 2 saturated heterocycles. The predicted molar refractivity (Wildman–Crippen MR) is 131 cm³/mol. The highest BCUT2D eigenvalue weighted by molar-refractivity contribution is 6.55. The average Bonchev–Trinajstić information content (AvgIpc) is 3.06. The lowest BCUT2D eigenvalue weighted by Crippen LogP contribution is -2.41. The zero-order valence-corrected chi connectivity index (χ0v) is 20.7. The fourth-order valence-electron chi connectivity index (χ4n) is 4.49. The summed E-state index contributed by atoms with van der Waals surface area (Å²) in [7, 11) is -0.877. The molecule has 2 aromatic carbocycles. The number of hydrogen-bond acceptors (Lipinski definition) is 4. The van der Waals surface area contributed by atoms with Crippen molar-refractivity contribution >= 4 is 14.2 Å². The van der Waals surface area contributed by atoms with Crippen LogP contribution in [-0.4, -0.2) is 36.6 Å². The molecule has 0 aromatic heterocycles. The molecule has 2 fully saturated rings. The zero-order valence-electron chi connectivity index (χ0n) is 20.7. The fraction of sp³-hybridized carbons (Fsp3) is 0.538. The van der Waals surface area contributed by atoms with Crippen LogP contribution in [0.2, 0.25) is 0 Å². The molecule has 2 aliphatic heterocycles. The molecule has 2 aromatic rings. The normalized spacial score (nSPS) is 25.0. The lowest BCUT2D eigenvalue weighted by molar-refractivity contribution is 0.00578. The summed E-state index contributed by atoms with van der Waals surface area (Å²) in [5.74, 6) is -0.233. The Kier molecular flexibility index (Phi) is 5.90. The first-order chi connectivity index (χ1) is 14.8. The van der Waals surface area contributed by atoms with Crippen LogP contribution in [-0.2, 0) is 18.6 Å². The van der Waals surface area contributed by atoms with Crippen molar-refractivity contribution in [3.63, 3.8) is 0 Å². The third kappa shape index (κ3) is 4.07. The lowest BCUT2D eigenvalue weighted by Gasteiger charge is -2.32. The topological polar surface area (TPSA) is 36.9 Å². The van der Waals surface area contributed by atoms with Gasteiger partial charge in [0.2, 0.25) is 0 Å². The number of benzene rings is 2. The second-order valence-electron chi connectivity index (χ2n) is 11.1. The molecule has 32 heavy (non-hydrogen) atoms. The van der Waals surface area contributed by atoms with E-state index in [1.807, 2.05) is 12.1 Å². The summed E-state index contributed by atoms with van der Waals surface area (Å²) in [6, 6.07) is 21.0. The molecule has 2 aliphatic rings. The van der Waals surface area contributed by atoms with Gasteiger partial charge >= 0.3 is 14.2 Å². The average molecular weight is 434 g/mol. The van der Waals surface area contributed by atoms with Crippen LogP contribution in [0.4, 0.5) is 0 Å². The van der Waals surface area contributed by atoms with Gasteiger partial charge in [-0.3, -0.25) is 0 Å². The Morgan fingerprint density at radius 2 is 0.719 bits per heavy atom. The Hall–Kier alpha value is -1.59. The second-order valence-corrected chi connectivity index (χ2v) is 11.1. The Morgan fingerprint density at radius 3 is 0.969 bits per heavy atom. The highest BCUT2D eigenvalue weighted by Gasteiger charge is 2.61. The van der Waals surface area contributed by atoms with Crippen molar-refractivity contribution in [3.05, 3.63) is 71.8 Å².